The quantitative estimate of drug-likeness (QED) is 0.855. The van der Waals surface area contributed by atoms with E-state index >= 15 is 0 Å². The number of halogens is 3. The maximum absolute atomic E-state index is 12.6. The molecule has 1 aliphatic heterocycles. The third-order valence-corrected chi connectivity index (χ3v) is 3.19. The third kappa shape index (κ3) is 3.27. The molecule has 0 amide bonds. The van der Waals surface area contributed by atoms with Crippen LogP contribution in [0.2, 0.25) is 0 Å². The van der Waals surface area contributed by atoms with E-state index in [0.717, 1.165) is 6.42 Å². The van der Waals surface area contributed by atoms with Crippen molar-refractivity contribution in [3.63, 3.8) is 0 Å². The summed E-state index contributed by atoms with van der Waals surface area (Å²) in [5.74, 6) is 0.741. The summed E-state index contributed by atoms with van der Waals surface area (Å²) in [4.78, 5) is 19.0. The maximum Gasteiger partial charge on any atom is 0.433 e. The molecule has 7 heteroatoms. The molecule has 2 heterocycles. The minimum Gasteiger partial charge on any atom is -0.342 e. The Morgan fingerprint density at radius 1 is 1.32 bits per heavy atom. The summed E-state index contributed by atoms with van der Waals surface area (Å²) in [5.41, 5.74) is -1.92. The second-order valence-electron chi connectivity index (χ2n) is 5.30. The zero-order chi connectivity index (χ0) is 14.2. The monoisotopic (exact) mass is 275 g/mol. The normalized spacial score (nSPS) is 24.6. The largest absolute Gasteiger partial charge is 0.433 e. The van der Waals surface area contributed by atoms with E-state index in [1.807, 2.05) is 13.8 Å². The first-order valence-corrected chi connectivity index (χ1v) is 6.19. The average Bonchev–Trinajstić information content (AvgIpc) is 2.25. The minimum absolute atomic E-state index is 0.0122. The zero-order valence-electron chi connectivity index (χ0n) is 10.8. The van der Waals surface area contributed by atoms with Gasteiger partial charge >= 0.3 is 6.18 Å². The molecule has 1 fully saturated rings. The second kappa shape index (κ2) is 4.86. The molecule has 0 spiro atoms. The van der Waals surface area contributed by atoms with Crippen molar-refractivity contribution >= 4 is 5.95 Å². The molecule has 0 saturated carbocycles. The van der Waals surface area contributed by atoms with E-state index in [1.165, 1.54) is 0 Å². The van der Waals surface area contributed by atoms with Crippen LogP contribution in [0.5, 0.6) is 0 Å². The van der Waals surface area contributed by atoms with E-state index in [9.17, 15) is 18.0 Å². The number of anilines is 1. The van der Waals surface area contributed by atoms with Crippen LogP contribution >= 0.6 is 0 Å². The summed E-state index contributed by atoms with van der Waals surface area (Å²) in [6.07, 6.45) is -3.57. The topological polar surface area (TPSA) is 49.0 Å². The first-order chi connectivity index (χ1) is 8.75. The van der Waals surface area contributed by atoms with Crippen molar-refractivity contribution in [1.29, 1.82) is 0 Å². The van der Waals surface area contributed by atoms with E-state index in [2.05, 4.69) is 9.97 Å². The smallest absolute Gasteiger partial charge is 0.342 e. The van der Waals surface area contributed by atoms with Crippen molar-refractivity contribution in [3.8, 4) is 0 Å². The third-order valence-electron chi connectivity index (χ3n) is 3.19. The van der Waals surface area contributed by atoms with Crippen molar-refractivity contribution in [2.75, 3.05) is 18.0 Å². The van der Waals surface area contributed by atoms with E-state index < -0.39 is 17.4 Å². The molecular weight excluding hydrogens is 259 g/mol. The molecule has 2 atom stereocenters. The highest BCUT2D eigenvalue weighted by Gasteiger charge is 2.34. The highest BCUT2D eigenvalue weighted by atomic mass is 19.4. The van der Waals surface area contributed by atoms with Gasteiger partial charge in [0.1, 0.15) is 0 Å². The Kier molecular flexibility index (Phi) is 3.56. The molecule has 19 heavy (non-hydrogen) atoms. The molecule has 0 bridgehead atoms. The van der Waals surface area contributed by atoms with Crippen LogP contribution < -0.4 is 10.5 Å². The molecule has 106 valence electrons. The van der Waals surface area contributed by atoms with Crippen molar-refractivity contribution in [2.45, 2.75) is 26.4 Å². The number of alkyl halides is 3. The summed E-state index contributed by atoms with van der Waals surface area (Å²) in [6.45, 7) is 5.28. The fourth-order valence-electron chi connectivity index (χ4n) is 2.58. The summed E-state index contributed by atoms with van der Waals surface area (Å²) < 4.78 is 37.9. The van der Waals surface area contributed by atoms with Crippen LogP contribution in [0, 0.1) is 11.8 Å². The first-order valence-electron chi connectivity index (χ1n) is 6.19. The predicted molar refractivity (Wildman–Crippen MR) is 65.0 cm³/mol. The van der Waals surface area contributed by atoms with Crippen LogP contribution in [0.4, 0.5) is 19.1 Å². The Bertz CT molecular complexity index is 502. The molecule has 0 radical (unpaired) electrons. The molecule has 0 aliphatic carbocycles. The Balaban J connectivity index is 2.34. The number of H-pyrrole nitrogens is 1. The fraction of sp³-hybridized carbons (Fsp3) is 0.667. The molecule has 1 aromatic heterocycles. The van der Waals surface area contributed by atoms with Crippen LogP contribution in [0.1, 0.15) is 26.0 Å². The standard InChI is InChI=1S/C12H16F3N3O/c1-7-3-8(2)6-18(5-7)11-16-9(12(13,14)15)4-10(19)17-11/h4,7-8H,3,5-6H2,1-2H3,(H,16,17,19). The van der Waals surface area contributed by atoms with Crippen LogP contribution in [0.15, 0.2) is 10.9 Å². The van der Waals surface area contributed by atoms with Crippen LogP contribution in [-0.2, 0) is 6.18 Å². The lowest BCUT2D eigenvalue weighted by Crippen LogP contribution is -2.40. The summed E-state index contributed by atoms with van der Waals surface area (Å²) in [5, 5.41) is 0. The Morgan fingerprint density at radius 2 is 1.89 bits per heavy atom. The fourth-order valence-corrected chi connectivity index (χ4v) is 2.58. The average molecular weight is 275 g/mol. The number of nitrogens with zero attached hydrogens (tertiary/aromatic N) is 2. The van der Waals surface area contributed by atoms with E-state index in [-0.39, 0.29) is 5.95 Å². The van der Waals surface area contributed by atoms with Gasteiger partial charge in [0.2, 0.25) is 5.95 Å². The van der Waals surface area contributed by atoms with Gasteiger partial charge in [-0.2, -0.15) is 13.2 Å². The highest BCUT2D eigenvalue weighted by molar-refractivity contribution is 5.32. The molecule has 2 unspecified atom stereocenters. The Labute approximate surface area is 108 Å². The summed E-state index contributed by atoms with van der Waals surface area (Å²) >= 11 is 0. The zero-order valence-corrected chi connectivity index (χ0v) is 10.8. The molecule has 1 N–H and O–H groups in total. The van der Waals surface area contributed by atoms with Gasteiger partial charge in [0.15, 0.2) is 5.69 Å². The lowest BCUT2D eigenvalue weighted by atomic mass is 9.92. The highest BCUT2D eigenvalue weighted by Crippen LogP contribution is 2.29. The van der Waals surface area contributed by atoms with Gasteiger partial charge in [-0.1, -0.05) is 13.8 Å². The number of aromatic nitrogens is 2. The van der Waals surface area contributed by atoms with E-state index in [1.54, 1.807) is 4.90 Å². The van der Waals surface area contributed by atoms with Gasteiger partial charge in [-0.05, 0) is 18.3 Å². The van der Waals surface area contributed by atoms with Crippen molar-refractivity contribution < 1.29 is 13.2 Å². The minimum atomic E-state index is -4.60. The van der Waals surface area contributed by atoms with Gasteiger partial charge in [-0.25, -0.2) is 4.98 Å². The van der Waals surface area contributed by atoms with Gasteiger partial charge in [0, 0.05) is 19.2 Å². The molecule has 2 rings (SSSR count). The number of nitrogens with one attached hydrogen (secondary N) is 1. The van der Waals surface area contributed by atoms with Crippen LogP contribution in [0.3, 0.4) is 0 Å². The van der Waals surface area contributed by atoms with Crippen LogP contribution in [-0.4, -0.2) is 23.1 Å². The Morgan fingerprint density at radius 3 is 2.42 bits per heavy atom. The van der Waals surface area contributed by atoms with Crippen molar-refractivity contribution in [1.82, 2.24) is 9.97 Å². The lowest BCUT2D eigenvalue weighted by molar-refractivity contribution is -0.141. The SMILES string of the molecule is CC1CC(C)CN(c2nc(C(F)(F)F)cc(=O)[nH]2)C1. The van der Waals surface area contributed by atoms with Gasteiger partial charge in [-0.3, -0.25) is 9.78 Å². The van der Waals surface area contributed by atoms with Crippen LogP contribution in [0.25, 0.3) is 0 Å². The number of hydrogen-bond donors (Lipinski definition) is 1. The second-order valence-corrected chi connectivity index (χ2v) is 5.30. The number of hydrogen-bond acceptors (Lipinski definition) is 3. The summed E-state index contributed by atoms with van der Waals surface area (Å²) in [6, 6.07) is 0.486. The summed E-state index contributed by atoms with van der Waals surface area (Å²) in [7, 11) is 0. The van der Waals surface area contributed by atoms with Crippen molar-refractivity contribution in [3.05, 3.63) is 22.1 Å². The number of piperidine rings is 1. The predicted octanol–water partition coefficient (Wildman–Crippen LogP) is 2.27. The van der Waals surface area contributed by atoms with Gasteiger partial charge in [-0.15, -0.1) is 0 Å². The first kappa shape index (κ1) is 13.9. The maximum atomic E-state index is 12.6. The number of rotatable bonds is 1. The molecular formula is C12H16F3N3O. The molecule has 1 aromatic rings. The van der Waals surface area contributed by atoms with Gasteiger partial charge < -0.3 is 4.90 Å². The molecule has 4 nitrogen and oxygen atoms in total. The molecule has 1 saturated heterocycles. The van der Waals surface area contributed by atoms with E-state index in [0.29, 0.717) is 31.0 Å². The van der Waals surface area contributed by atoms with E-state index in [4.69, 9.17) is 0 Å². The lowest BCUT2D eigenvalue weighted by Gasteiger charge is -2.35. The molecule has 1 aliphatic rings. The Hall–Kier alpha value is -1.53. The number of aromatic amines is 1. The van der Waals surface area contributed by atoms with Crippen molar-refractivity contribution in [2.24, 2.45) is 11.8 Å². The van der Waals surface area contributed by atoms with Gasteiger partial charge in [0.05, 0.1) is 0 Å². The molecule has 0 aromatic carbocycles. The van der Waals surface area contributed by atoms with Gasteiger partial charge in [0.25, 0.3) is 5.56 Å².